The molecule has 2 heterocycles. The lowest BCUT2D eigenvalue weighted by molar-refractivity contribution is -0.124. The Morgan fingerprint density at radius 3 is 2.88 bits per heavy atom. The van der Waals surface area contributed by atoms with Crippen LogP contribution >= 0.6 is 0 Å². The van der Waals surface area contributed by atoms with E-state index in [1.165, 1.54) is 12.8 Å². The summed E-state index contributed by atoms with van der Waals surface area (Å²) >= 11 is 0. The molecule has 1 aromatic carbocycles. The maximum absolute atomic E-state index is 12.5. The van der Waals surface area contributed by atoms with Crippen LogP contribution in [0.1, 0.15) is 18.4 Å². The van der Waals surface area contributed by atoms with Crippen molar-refractivity contribution in [2.24, 2.45) is 5.73 Å². The number of fused-ring (bicyclic) bond motifs is 1. The fourth-order valence-corrected chi connectivity index (χ4v) is 3.58. The second kappa shape index (κ2) is 8.31. The second-order valence-corrected chi connectivity index (χ2v) is 6.74. The lowest BCUT2D eigenvalue weighted by Crippen LogP contribution is -2.54. The Kier molecular flexibility index (Phi) is 5.88. The standard InChI is InChI=1S/C18H26N4O3/c19-18(24)21-16(9-13-5-2-1-3-6-13)17(23)20-10-15-11-22-8-4-7-14(22)12-25-15/h1-3,5-6,14-16H,4,7-12H2,(H,20,23)(H3,19,21,24). The summed E-state index contributed by atoms with van der Waals surface area (Å²) in [6.45, 7) is 3.12. The number of carbonyl (C=O) groups is 2. The van der Waals surface area contributed by atoms with Crippen LogP contribution in [0.3, 0.4) is 0 Å². The number of morpholine rings is 1. The smallest absolute Gasteiger partial charge is 0.312 e. The quantitative estimate of drug-likeness (QED) is 0.688. The van der Waals surface area contributed by atoms with Gasteiger partial charge in [-0.15, -0.1) is 0 Å². The normalized spacial score (nSPS) is 24.3. The van der Waals surface area contributed by atoms with E-state index in [2.05, 4.69) is 15.5 Å². The molecule has 2 aliphatic rings. The Balaban J connectivity index is 1.52. The molecule has 0 aromatic heterocycles. The predicted molar refractivity (Wildman–Crippen MR) is 94.0 cm³/mol. The van der Waals surface area contributed by atoms with Gasteiger partial charge in [0.05, 0.1) is 12.7 Å². The van der Waals surface area contributed by atoms with Gasteiger partial charge in [0, 0.05) is 25.6 Å². The van der Waals surface area contributed by atoms with Gasteiger partial charge in [-0.1, -0.05) is 30.3 Å². The van der Waals surface area contributed by atoms with Gasteiger partial charge in [-0.25, -0.2) is 4.79 Å². The zero-order valence-electron chi connectivity index (χ0n) is 14.3. The van der Waals surface area contributed by atoms with Crippen molar-refractivity contribution in [2.45, 2.75) is 37.5 Å². The number of hydrogen-bond acceptors (Lipinski definition) is 4. The molecule has 7 nitrogen and oxygen atoms in total. The highest BCUT2D eigenvalue weighted by Gasteiger charge is 2.32. The van der Waals surface area contributed by atoms with Crippen LogP contribution in [-0.2, 0) is 16.0 Å². The zero-order chi connectivity index (χ0) is 17.6. The summed E-state index contributed by atoms with van der Waals surface area (Å²) < 4.78 is 5.85. The second-order valence-electron chi connectivity index (χ2n) is 6.74. The average molecular weight is 346 g/mol. The van der Waals surface area contributed by atoms with Crippen molar-refractivity contribution in [3.63, 3.8) is 0 Å². The first-order valence-corrected chi connectivity index (χ1v) is 8.85. The van der Waals surface area contributed by atoms with Crippen molar-refractivity contribution in [2.75, 3.05) is 26.2 Å². The molecule has 25 heavy (non-hydrogen) atoms. The lowest BCUT2D eigenvalue weighted by atomic mass is 10.1. The van der Waals surface area contributed by atoms with Gasteiger partial charge < -0.3 is 21.1 Å². The first-order valence-electron chi connectivity index (χ1n) is 8.85. The number of nitrogens with one attached hydrogen (secondary N) is 2. The summed E-state index contributed by atoms with van der Waals surface area (Å²) in [6, 6.07) is 8.68. The van der Waals surface area contributed by atoms with Crippen LogP contribution in [0.25, 0.3) is 0 Å². The summed E-state index contributed by atoms with van der Waals surface area (Å²) in [6.07, 6.45) is 2.80. The summed E-state index contributed by atoms with van der Waals surface area (Å²) in [7, 11) is 0. The predicted octanol–water partition coefficient (Wildman–Crippen LogP) is 0.245. The van der Waals surface area contributed by atoms with Crippen molar-refractivity contribution in [3.8, 4) is 0 Å². The van der Waals surface area contributed by atoms with Gasteiger partial charge in [-0.2, -0.15) is 0 Å². The van der Waals surface area contributed by atoms with E-state index < -0.39 is 12.1 Å². The third kappa shape index (κ3) is 4.93. The number of carbonyl (C=O) groups excluding carboxylic acids is 2. The number of ether oxygens (including phenoxy) is 1. The minimum Gasteiger partial charge on any atom is -0.373 e. The van der Waals surface area contributed by atoms with E-state index >= 15 is 0 Å². The highest BCUT2D eigenvalue weighted by Crippen LogP contribution is 2.22. The maximum atomic E-state index is 12.5. The Hall–Kier alpha value is -2.12. The number of nitrogens with zero attached hydrogens (tertiary/aromatic N) is 1. The molecule has 2 saturated heterocycles. The van der Waals surface area contributed by atoms with Crippen LogP contribution < -0.4 is 16.4 Å². The molecule has 3 unspecified atom stereocenters. The molecule has 2 fully saturated rings. The van der Waals surface area contributed by atoms with E-state index in [4.69, 9.17) is 10.5 Å². The molecule has 3 atom stereocenters. The van der Waals surface area contributed by atoms with E-state index in [1.807, 2.05) is 30.3 Å². The zero-order valence-corrected chi connectivity index (χ0v) is 14.3. The molecule has 3 amide bonds. The minimum atomic E-state index is -0.704. The fraction of sp³-hybridized carbons (Fsp3) is 0.556. The number of rotatable bonds is 6. The van der Waals surface area contributed by atoms with Crippen LogP contribution in [0.15, 0.2) is 30.3 Å². The highest BCUT2D eigenvalue weighted by molar-refractivity contribution is 5.86. The highest BCUT2D eigenvalue weighted by atomic mass is 16.5. The monoisotopic (exact) mass is 346 g/mol. The first-order chi connectivity index (χ1) is 12.1. The van der Waals surface area contributed by atoms with E-state index in [0.717, 1.165) is 25.3 Å². The van der Waals surface area contributed by atoms with Crippen molar-refractivity contribution < 1.29 is 14.3 Å². The van der Waals surface area contributed by atoms with Gasteiger partial charge in [-0.05, 0) is 24.9 Å². The molecule has 0 saturated carbocycles. The van der Waals surface area contributed by atoms with Crippen LogP contribution in [0.4, 0.5) is 4.79 Å². The SMILES string of the molecule is NC(=O)NC(Cc1ccccc1)C(=O)NCC1CN2CCCC2CO1. The molecular formula is C18H26N4O3. The van der Waals surface area contributed by atoms with Gasteiger partial charge in [0.25, 0.3) is 0 Å². The molecule has 0 spiro atoms. The Morgan fingerprint density at radius 2 is 2.12 bits per heavy atom. The molecule has 2 aliphatic heterocycles. The van der Waals surface area contributed by atoms with E-state index in [0.29, 0.717) is 19.0 Å². The summed E-state index contributed by atoms with van der Waals surface area (Å²) in [5.74, 6) is -0.241. The number of nitrogens with two attached hydrogens (primary N) is 1. The van der Waals surface area contributed by atoms with Crippen molar-refractivity contribution in [1.29, 1.82) is 0 Å². The topological polar surface area (TPSA) is 96.7 Å². The molecular weight excluding hydrogens is 320 g/mol. The minimum absolute atomic E-state index is 0.00995. The number of primary amides is 1. The van der Waals surface area contributed by atoms with Gasteiger partial charge in [0.2, 0.25) is 5.91 Å². The third-order valence-corrected chi connectivity index (χ3v) is 4.88. The maximum Gasteiger partial charge on any atom is 0.312 e. The van der Waals surface area contributed by atoms with Crippen LogP contribution in [0, 0.1) is 0 Å². The van der Waals surface area contributed by atoms with Crippen LogP contribution in [-0.4, -0.2) is 61.3 Å². The van der Waals surface area contributed by atoms with Crippen LogP contribution in [0.5, 0.6) is 0 Å². The van der Waals surface area contributed by atoms with Crippen LogP contribution in [0.2, 0.25) is 0 Å². The average Bonchev–Trinajstić information content (AvgIpc) is 3.07. The van der Waals surface area contributed by atoms with Crippen molar-refractivity contribution in [1.82, 2.24) is 15.5 Å². The number of benzene rings is 1. The Labute approximate surface area is 147 Å². The molecule has 0 aliphatic carbocycles. The number of urea groups is 1. The third-order valence-electron chi connectivity index (χ3n) is 4.88. The Bertz CT molecular complexity index is 595. The summed E-state index contributed by atoms with van der Waals surface area (Å²) in [5.41, 5.74) is 6.18. The molecule has 136 valence electrons. The number of hydrogen-bond donors (Lipinski definition) is 3. The fourth-order valence-electron chi connectivity index (χ4n) is 3.58. The Morgan fingerprint density at radius 1 is 1.32 bits per heavy atom. The van der Waals surface area contributed by atoms with Gasteiger partial charge >= 0.3 is 6.03 Å². The lowest BCUT2D eigenvalue weighted by Gasteiger charge is -2.35. The molecule has 0 radical (unpaired) electrons. The molecule has 7 heteroatoms. The summed E-state index contributed by atoms with van der Waals surface area (Å²) in [4.78, 5) is 26.2. The van der Waals surface area contributed by atoms with Gasteiger partial charge in [0.15, 0.2) is 0 Å². The molecule has 0 bridgehead atoms. The van der Waals surface area contributed by atoms with Gasteiger partial charge in [0.1, 0.15) is 6.04 Å². The van der Waals surface area contributed by atoms with Crippen molar-refractivity contribution >= 4 is 11.9 Å². The molecule has 4 N–H and O–H groups in total. The van der Waals surface area contributed by atoms with Gasteiger partial charge in [-0.3, -0.25) is 9.69 Å². The number of amides is 3. The van der Waals surface area contributed by atoms with E-state index in [9.17, 15) is 9.59 Å². The van der Waals surface area contributed by atoms with E-state index in [1.54, 1.807) is 0 Å². The summed E-state index contributed by atoms with van der Waals surface area (Å²) in [5, 5.41) is 5.43. The van der Waals surface area contributed by atoms with Crippen molar-refractivity contribution in [3.05, 3.63) is 35.9 Å². The molecule has 1 aromatic rings. The molecule has 3 rings (SSSR count). The first kappa shape index (κ1) is 17.7. The largest absolute Gasteiger partial charge is 0.373 e. The van der Waals surface area contributed by atoms with E-state index in [-0.39, 0.29) is 12.0 Å².